The summed E-state index contributed by atoms with van der Waals surface area (Å²) in [6, 6.07) is 7.87. The largest absolute Gasteiger partial charge is 0.376 e. The van der Waals surface area contributed by atoms with Crippen LogP contribution in [0.1, 0.15) is 87.1 Å². The van der Waals surface area contributed by atoms with Gasteiger partial charge in [-0.25, -0.2) is 0 Å². The van der Waals surface area contributed by atoms with Crippen LogP contribution in [0.2, 0.25) is 0 Å². The first-order valence-corrected chi connectivity index (χ1v) is 11.4. The summed E-state index contributed by atoms with van der Waals surface area (Å²) in [5.41, 5.74) is 1.18. The Morgan fingerprint density at radius 2 is 2.00 bits per heavy atom. The summed E-state index contributed by atoms with van der Waals surface area (Å²) >= 11 is 0. The molecule has 29 heavy (non-hydrogen) atoms. The zero-order valence-corrected chi connectivity index (χ0v) is 17.8. The van der Waals surface area contributed by atoms with Gasteiger partial charge in [0.1, 0.15) is 0 Å². The Morgan fingerprint density at radius 1 is 1.24 bits per heavy atom. The van der Waals surface area contributed by atoms with E-state index in [9.17, 15) is 9.59 Å². The molecule has 0 radical (unpaired) electrons. The highest BCUT2D eigenvalue weighted by Gasteiger charge is 2.55. The molecule has 0 bridgehead atoms. The second-order valence-corrected chi connectivity index (χ2v) is 9.00. The number of nitrogens with zero attached hydrogens (tertiary/aromatic N) is 1. The number of carbonyl (C=O) groups excluding carboxylic acids is 2. The molecule has 1 aliphatic carbocycles. The molecule has 1 saturated heterocycles. The van der Waals surface area contributed by atoms with Crippen molar-refractivity contribution in [1.29, 1.82) is 0 Å². The van der Waals surface area contributed by atoms with Crippen LogP contribution in [0.5, 0.6) is 0 Å². The van der Waals surface area contributed by atoms with Gasteiger partial charge in [-0.1, -0.05) is 44.4 Å². The molecular weight excluding hydrogens is 364 g/mol. The molecule has 5 heteroatoms. The summed E-state index contributed by atoms with van der Waals surface area (Å²) in [5, 5.41) is 3.20. The fraction of sp³-hybridized carbons (Fsp3) is 0.667. The van der Waals surface area contributed by atoms with Gasteiger partial charge >= 0.3 is 0 Å². The maximum Gasteiger partial charge on any atom is 0.254 e. The normalized spacial score (nSPS) is 27.0. The van der Waals surface area contributed by atoms with E-state index in [1.54, 1.807) is 0 Å². The van der Waals surface area contributed by atoms with Gasteiger partial charge < -0.3 is 15.0 Å². The third kappa shape index (κ3) is 3.58. The smallest absolute Gasteiger partial charge is 0.254 e. The van der Waals surface area contributed by atoms with Crippen LogP contribution in [-0.4, -0.2) is 47.6 Å². The van der Waals surface area contributed by atoms with E-state index in [1.165, 1.54) is 6.42 Å². The SMILES string of the molecule is CC[C@@H](C)N1C(=O)c2ccccc2[C@H](C(=O)NC[C@@H]2CCCO2)C12CCCCC2. The maximum atomic E-state index is 13.6. The number of fused-ring (bicyclic) bond motifs is 1. The topological polar surface area (TPSA) is 58.6 Å². The van der Waals surface area contributed by atoms with Crippen LogP contribution in [0.4, 0.5) is 0 Å². The minimum atomic E-state index is -0.417. The van der Waals surface area contributed by atoms with Gasteiger partial charge in [-0.3, -0.25) is 9.59 Å². The summed E-state index contributed by atoms with van der Waals surface area (Å²) in [5.74, 6) is -0.164. The lowest BCUT2D eigenvalue weighted by Gasteiger charge is -2.55. The van der Waals surface area contributed by atoms with Gasteiger partial charge in [0.2, 0.25) is 5.91 Å². The molecule has 1 saturated carbocycles. The van der Waals surface area contributed by atoms with E-state index < -0.39 is 5.54 Å². The lowest BCUT2D eigenvalue weighted by molar-refractivity contribution is -0.128. The summed E-state index contributed by atoms with van der Waals surface area (Å²) in [4.78, 5) is 29.3. The molecular formula is C24H34N2O3. The van der Waals surface area contributed by atoms with Gasteiger partial charge in [0.25, 0.3) is 5.91 Å². The highest BCUT2D eigenvalue weighted by molar-refractivity contribution is 6.02. The predicted octanol–water partition coefficient (Wildman–Crippen LogP) is 4.02. The first-order valence-electron chi connectivity index (χ1n) is 11.4. The number of rotatable bonds is 5. The Labute approximate surface area is 174 Å². The van der Waals surface area contributed by atoms with E-state index in [4.69, 9.17) is 4.74 Å². The fourth-order valence-corrected chi connectivity index (χ4v) is 5.73. The number of nitrogens with one attached hydrogen (secondary N) is 1. The van der Waals surface area contributed by atoms with E-state index in [1.807, 2.05) is 24.3 Å². The van der Waals surface area contributed by atoms with Crippen molar-refractivity contribution in [3.05, 3.63) is 35.4 Å². The summed E-state index contributed by atoms with van der Waals surface area (Å²) in [7, 11) is 0. The van der Waals surface area contributed by atoms with Gasteiger partial charge in [-0.05, 0) is 50.7 Å². The van der Waals surface area contributed by atoms with Gasteiger partial charge in [0, 0.05) is 24.8 Å². The minimum absolute atomic E-state index is 0.0515. The van der Waals surface area contributed by atoms with Crippen molar-refractivity contribution in [2.24, 2.45) is 0 Å². The molecule has 2 aliphatic heterocycles. The Kier molecular flexibility index (Phi) is 5.95. The molecule has 1 N–H and O–H groups in total. The molecule has 158 valence electrons. The number of amides is 2. The van der Waals surface area contributed by atoms with Crippen molar-refractivity contribution in [2.75, 3.05) is 13.2 Å². The third-order valence-corrected chi connectivity index (χ3v) is 7.28. The Hall–Kier alpha value is -1.88. The van der Waals surface area contributed by atoms with Gasteiger partial charge in [-0.2, -0.15) is 0 Å². The molecule has 1 aromatic carbocycles. The Morgan fingerprint density at radius 3 is 2.69 bits per heavy atom. The first kappa shape index (κ1) is 20.4. The Bertz CT molecular complexity index is 750. The molecule has 5 nitrogen and oxygen atoms in total. The van der Waals surface area contributed by atoms with Crippen molar-refractivity contribution in [3.8, 4) is 0 Å². The second-order valence-electron chi connectivity index (χ2n) is 9.00. The predicted molar refractivity (Wildman–Crippen MR) is 113 cm³/mol. The summed E-state index contributed by atoms with van der Waals surface area (Å²) < 4.78 is 5.71. The maximum absolute atomic E-state index is 13.6. The van der Waals surface area contributed by atoms with Crippen molar-refractivity contribution < 1.29 is 14.3 Å². The van der Waals surface area contributed by atoms with Crippen molar-refractivity contribution in [3.63, 3.8) is 0 Å². The quantitative estimate of drug-likeness (QED) is 0.815. The Balaban J connectivity index is 1.74. The molecule has 1 spiro atoms. The first-order chi connectivity index (χ1) is 14.1. The van der Waals surface area contributed by atoms with E-state index in [2.05, 4.69) is 24.1 Å². The molecule has 0 unspecified atom stereocenters. The molecule has 4 rings (SSSR count). The molecule has 3 atom stereocenters. The lowest BCUT2D eigenvalue weighted by atomic mass is 9.64. The van der Waals surface area contributed by atoms with Crippen LogP contribution < -0.4 is 5.32 Å². The average Bonchev–Trinajstić information content (AvgIpc) is 3.26. The van der Waals surface area contributed by atoms with Crippen LogP contribution in [0.25, 0.3) is 0 Å². The molecule has 2 amide bonds. The van der Waals surface area contributed by atoms with Gasteiger partial charge in [0.15, 0.2) is 0 Å². The van der Waals surface area contributed by atoms with E-state index in [0.29, 0.717) is 12.1 Å². The molecule has 2 heterocycles. The summed E-state index contributed by atoms with van der Waals surface area (Å²) in [6.07, 6.45) is 8.18. The minimum Gasteiger partial charge on any atom is -0.376 e. The van der Waals surface area contributed by atoms with E-state index >= 15 is 0 Å². The third-order valence-electron chi connectivity index (χ3n) is 7.28. The average molecular weight is 399 g/mol. The fourth-order valence-electron chi connectivity index (χ4n) is 5.73. The van der Waals surface area contributed by atoms with Crippen LogP contribution in [0.15, 0.2) is 24.3 Å². The van der Waals surface area contributed by atoms with Crippen LogP contribution in [0, 0.1) is 0 Å². The van der Waals surface area contributed by atoms with Crippen LogP contribution in [-0.2, 0) is 9.53 Å². The molecule has 3 aliphatic rings. The molecule has 2 fully saturated rings. The van der Waals surface area contributed by atoms with Crippen molar-refractivity contribution >= 4 is 11.8 Å². The zero-order chi connectivity index (χ0) is 20.4. The number of benzene rings is 1. The van der Waals surface area contributed by atoms with Crippen LogP contribution in [0.3, 0.4) is 0 Å². The molecule has 1 aromatic rings. The number of carbonyl (C=O) groups is 2. The van der Waals surface area contributed by atoms with E-state index in [0.717, 1.165) is 57.1 Å². The summed E-state index contributed by atoms with van der Waals surface area (Å²) in [6.45, 7) is 5.60. The highest BCUT2D eigenvalue weighted by atomic mass is 16.5. The van der Waals surface area contributed by atoms with E-state index in [-0.39, 0.29) is 29.9 Å². The number of hydrogen-bond donors (Lipinski definition) is 1. The number of ether oxygens (including phenoxy) is 1. The second kappa shape index (κ2) is 8.47. The zero-order valence-electron chi connectivity index (χ0n) is 17.8. The molecule has 0 aromatic heterocycles. The van der Waals surface area contributed by atoms with Crippen molar-refractivity contribution in [1.82, 2.24) is 10.2 Å². The van der Waals surface area contributed by atoms with Crippen molar-refractivity contribution in [2.45, 2.75) is 88.8 Å². The van der Waals surface area contributed by atoms with Gasteiger partial charge in [-0.15, -0.1) is 0 Å². The lowest BCUT2D eigenvalue weighted by Crippen LogP contribution is -2.65. The highest BCUT2D eigenvalue weighted by Crippen LogP contribution is 2.50. The van der Waals surface area contributed by atoms with Gasteiger partial charge in [0.05, 0.1) is 17.6 Å². The number of hydrogen-bond acceptors (Lipinski definition) is 3. The van der Waals surface area contributed by atoms with Crippen LogP contribution >= 0.6 is 0 Å². The standard InChI is InChI=1S/C24H34N2O3/c1-3-17(2)26-23(28)20-12-6-5-11-19(20)21(24(26)13-7-4-8-14-24)22(27)25-16-18-10-9-15-29-18/h5-6,11-12,17-18,21H,3-4,7-10,13-16H2,1-2H3,(H,25,27)/t17-,18+,21-/m1/s1. The monoisotopic (exact) mass is 398 g/mol.